The Bertz CT molecular complexity index is 568. The fourth-order valence-electron chi connectivity index (χ4n) is 1.85. The van der Waals surface area contributed by atoms with Gasteiger partial charge in [0.1, 0.15) is 11.6 Å². The van der Waals surface area contributed by atoms with Crippen LogP contribution in [-0.4, -0.2) is 33.9 Å². The maximum absolute atomic E-state index is 11.9. The number of ether oxygens (including phenoxy) is 1. The first-order chi connectivity index (χ1) is 10.6. The van der Waals surface area contributed by atoms with Crippen LogP contribution in [0.3, 0.4) is 0 Å². The molecule has 1 aromatic carbocycles. The van der Waals surface area contributed by atoms with Crippen molar-refractivity contribution in [1.82, 2.24) is 5.32 Å². The van der Waals surface area contributed by atoms with Gasteiger partial charge in [-0.2, -0.15) is 0 Å². The summed E-state index contributed by atoms with van der Waals surface area (Å²) in [6.45, 7) is 6.40. The lowest BCUT2D eigenvalue weighted by molar-refractivity contribution is -0.139. The third kappa shape index (κ3) is 6.73. The molecule has 0 aliphatic rings. The highest BCUT2D eigenvalue weighted by atomic mass is 32.2. The van der Waals surface area contributed by atoms with E-state index in [-0.39, 0.29) is 5.12 Å². The van der Waals surface area contributed by atoms with Crippen molar-refractivity contribution in [3.8, 4) is 0 Å². The summed E-state index contributed by atoms with van der Waals surface area (Å²) in [7, 11) is 0. The number of hydrogen-bond acceptors (Lipinski definition) is 5. The molecule has 23 heavy (non-hydrogen) atoms. The van der Waals surface area contributed by atoms with Crippen LogP contribution in [0.15, 0.2) is 30.3 Å². The van der Waals surface area contributed by atoms with Gasteiger partial charge in [0.15, 0.2) is 5.12 Å². The fourth-order valence-corrected chi connectivity index (χ4v) is 2.82. The van der Waals surface area contributed by atoms with Gasteiger partial charge in [-0.15, -0.1) is 0 Å². The van der Waals surface area contributed by atoms with Gasteiger partial charge in [-0.25, -0.2) is 9.59 Å². The molecule has 6 nitrogen and oxygen atoms in total. The van der Waals surface area contributed by atoms with Crippen LogP contribution in [0, 0.1) is 0 Å². The van der Waals surface area contributed by atoms with Gasteiger partial charge in [0, 0.05) is 6.92 Å². The molecule has 0 fully saturated rings. The molecule has 0 saturated carbocycles. The second-order valence-electron chi connectivity index (χ2n) is 5.90. The van der Waals surface area contributed by atoms with Crippen molar-refractivity contribution in [3.63, 3.8) is 0 Å². The molecule has 2 N–H and O–H groups in total. The standard InChI is InChI=1S/C16H21NO5S/c1-10(18)23-13(11-8-6-5-7-9-11)12(14(19)20)17-15(21)22-16(2,3)4/h5-9,12-13H,1-4H3,(H,17,21)(H,19,20)/t12-,13-/m0/s1. The van der Waals surface area contributed by atoms with Gasteiger partial charge in [0.05, 0.1) is 5.25 Å². The van der Waals surface area contributed by atoms with Gasteiger partial charge in [-0.05, 0) is 26.3 Å². The lowest BCUT2D eigenvalue weighted by Crippen LogP contribution is -2.46. The highest BCUT2D eigenvalue weighted by Gasteiger charge is 2.34. The minimum absolute atomic E-state index is 0.240. The normalized spacial score (nSPS) is 13.7. The Labute approximate surface area is 139 Å². The number of hydrogen-bond donors (Lipinski definition) is 2. The van der Waals surface area contributed by atoms with Crippen LogP contribution >= 0.6 is 11.8 Å². The van der Waals surface area contributed by atoms with Gasteiger partial charge >= 0.3 is 12.1 Å². The van der Waals surface area contributed by atoms with Gasteiger partial charge < -0.3 is 15.2 Å². The molecular formula is C16H21NO5S. The maximum Gasteiger partial charge on any atom is 0.408 e. The molecule has 126 valence electrons. The van der Waals surface area contributed by atoms with Crippen LogP contribution in [0.25, 0.3) is 0 Å². The number of nitrogens with one attached hydrogen (secondary N) is 1. The zero-order valence-corrected chi connectivity index (χ0v) is 14.3. The Balaban J connectivity index is 3.04. The number of benzene rings is 1. The third-order valence-corrected chi connectivity index (χ3v) is 3.79. The molecule has 0 spiro atoms. The Morgan fingerprint density at radius 3 is 2.17 bits per heavy atom. The summed E-state index contributed by atoms with van der Waals surface area (Å²) in [6.07, 6.45) is -0.838. The van der Waals surface area contributed by atoms with E-state index < -0.39 is 29.0 Å². The maximum atomic E-state index is 11.9. The van der Waals surface area contributed by atoms with Crippen molar-refractivity contribution in [2.75, 3.05) is 0 Å². The quantitative estimate of drug-likeness (QED) is 0.857. The van der Waals surface area contributed by atoms with Crippen molar-refractivity contribution in [2.24, 2.45) is 0 Å². The van der Waals surface area contributed by atoms with Crippen LogP contribution in [-0.2, 0) is 14.3 Å². The molecule has 0 aliphatic carbocycles. The minimum atomic E-state index is -1.29. The monoisotopic (exact) mass is 339 g/mol. The van der Waals surface area contributed by atoms with E-state index >= 15 is 0 Å². The summed E-state index contributed by atoms with van der Waals surface area (Å²) in [5.74, 6) is -1.24. The lowest BCUT2D eigenvalue weighted by Gasteiger charge is -2.26. The number of aliphatic carboxylic acids is 1. The fraction of sp³-hybridized carbons (Fsp3) is 0.438. The summed E-state index contributed by atoms with van der Waals surface area (Å²) in [4.78, 5) is 35.0. The molecule has 1 amide bonds. The van der Waals surface area contributed by atoms with E-state index in [1.54, 1.807) is 51.1 Å². The number of carboxylic acids is 1. The number of alkyl carbamates (subject to hydrolysis) is 1. The largest absolute Gasteiger partial charge is 0.480 e. The van der Waals surface area contributed by atoms with E-state index in [9.17, 15) is 19.5 Å². The predicted molar refractivity (Wildman–Crippen MR) is 88.2 cm³/mol. The number of thioether (sulfide) groups is 1. The molecule has 1 aromatic rings. The first kappa shape index (κ1) is 19.0. The summed E-state index contributed by atoms with van der Waals surface area (Å²) < 4.78 is 5.10. The summed E-state index contributed by atoms with van der Waals surface area (Å²) >= 11 is 0.859. The smallest absolute Gasteiger partial charge is 0.408 e. The van der Waals surface area contributed by atoms with Crippen LogP contribution in [0.4, 0.5) is 4.79 Å². The Morgan fingerprint density at radius 2 is 1.74 bits per heavy atom. The summed E-state index contributed by atoms with van der Waals surface area (Å²) in [5, 5.41) is 10.8. The van der Waals surface area contributed by atoms with E-state index in [2.05, 4.69) is 5.32 Å². The van der Waals surface area contributed by atoms with Crippen LogP contribution < -0.4 is 5.32 Å². The van der Waals surface area contributed by atoms with E-state index in [1.807, 2.05) is 0 Å². The van der Waals surface area contributed by atoms with Crippen molar-refractivity contribution >= 4 is 28.9 Å². The zero-order valence-electron chi connectivity index (χ0n) is 13.5. The van der Waals surface area contributed by atoms with Crippen LogP contribution in [0.5, 0.6) is 0 Å². The number of carbonyl (C=O) groups excluding carboxylic acids is 2. The summed E-state index contributed by atoms with van der Waals surface area (Å²) in [6, 6.07) is 7.42. The number of carboxylic acid groups (broad SMARTS) is 1. The molecular weight excluding hydrogens is 318 g/mol. The van der Waals surface area contributed by atoms with Gasteiger partial charge in [-0.1, -0.05) is 42.1 Å². The van der Waals surface area contributed by atoms with Crippen molar-refractivity contribution < 1.29 is 24.2 Å². The average molecular weight is 339 g/mol. The number of rotatable bonds is 5. The van der Waals surface area contributed by atoms with Gasteiger partial charge in [-0.3, -0.25) is 4.79 Å². The predicted octanol–water partition coefficient (Wildman–Crippen LogP) is 2.99. The van der Waals surface area contributed by atoms with Crippen molar-refractivity contribution in [2.45, 2.75) is 44.6 Å². The highest BCUT2D eigenvalue weighted by Crippen LogP contribution is 2.33. The van der Waals surface area contributed by atoms with Crippen molar-refractivity contribution in [1.29, 1.82) is 0 Å². The first-order valence-corrected chi connectivity index (χ1v) is 7.92. The van der Waals surface area contributed by atoms with E-state index in [4.69, 9.17) is 4.74 Å². The molecule has 0 aliphatic heterocycles. The second-order valence-corrected chi connectivity index (χ2v) is 7.22. The molecule has 0 bridgehead atoms. The van der Waals surface area contributed by atoms with E-state index in [0.29, 0.717) is 5.56 Å². The summed E-state index contributed by atoms with van der Waals surface area (Å²) in [5.41, 5.74) is -0.112. The minimum Gasteiger partial charge on any atom is -0.480 e. The molecule has 0 aromatic heterocycles. The molecule has 0 radical (unpaired) electrons. The number of carbonyl (C=O) groups is 3. The Kier molecular flexibility index (Phi) is 6.62. The second kappa shape index (κ2) is 8.01. The Morgan fingerprint density at radius 1 is 1.17 bits per heavy atom. The molecule has 1 rings (SSSR count). The Hall–Kier alpha value is -2.02. The molecule has 7 heteroatoms. The average Bonchev–Trinajstić information content (AvgIpc) is 2.41. The lowest BCUT2D eigenvalue weighted by atomic mass is 10.1. The SMILES string of the molecule is CC(=O)S[C@@H](c1ccccc1)[C@H](NC(=O)OC(C)(C)C)C(=O)O. The molecule has 0 saturated heterocycles. The highest BCUT2D eigenvalue weighted by molar-refractivity contribution is 8.13. The van der Waals surface area contributed by atoms with Crippen LogP contribution in [0.2, 0.25) is 0 Å². The molecule has 0 unspecified atom stereocenters. The third-order valence-electron chi connectivity index (χ3n) is 2.66. The number of amides is 1. The van der Waals surface area contributed by atoms with E-state index in [1.165, 1.54) is 6.92 Å². The van der Waals surface area contributed by atoms with Gasteiger partial charge in [0.2, 0.25) is 0 Å². The zero-order chi connectivity index (χ0) is 17.6. The first-order valence-electron chi connectivity index (χ1n) is 7.04. The molecule has 2 atom stereocenters. The van der Waals surface area contributed by atoms with Gasteiger partial charge in [0.25, 0.3) is 0 Å². The topological polar surface area (TPSA) is 92.7 Å². The molecule has 0 heterocycles. The van der Waals surface area contributed by atoms with Crippen molar-refractivity contribution in [3.05, 3.63) is 35.9 Å². The van der Waals surface area contributed by atoms with Crippen LogP contribution in [0.1, 0.15) is 38.5 Å². The van der Waals surface area contributed by atoms with E-state index in [0.717, 1.165) is 11.8 Å².